The van der Waals surface area contributed by atoms with E-state index < -0.39 is 6.04 Å². The van der Waals surface area contributed by atoms with Crippen LogP contribution in [0, 0.1) is 0 Å². The minimum atomic E-state index is -0.544. The maximum absolute atomic E-state index is 11.2. The largest absolute Gasteiger partial charge is 0.466 e. The molecule has 0 aliphatic rings. The van der Waals surface area contributed by atoms with Crippen LogP contribution in [0.4, 0.5) is 0 Å². The molecular weight excluding hydrogens is 222 g/mol. The molecule has 0 spiro atoms. The van der Waals surface area contributed by atoms with Crippen LogP contribution in [0.5, 0.6) is 0 Å². The van der Waals surface area contributed by atoms with Gasteiger partial charge in [0.05, 0.1) is 13.2 Å². The molecule has 0 amide bonds. The van der Waals surface area contributed by atoms with Crippen molar-refractivity contribution in [1.82, 2.24) is 0 Å². The fourth-order valence-electron chi connectivity index (χ4n) is 1.41. The molecular formula is C12H23NO4. The maximum Gasteiger partial charge on any atom is 0.322 e. The highest BCUT2D eigenvalue weighted by Gasteiger charge is 2.13. The van der Waals surface area contributed by atoms with E-state index in [0.29, 0.717) is 26.1 Å². The number of esters is 2. The molecule has 0 saturated heterocycles. The summed E-state index contributed by atoms with van der Waals surface area (Å²) < 4.78 is 9.59. The molecule has 5 heteroatoms. The van der Waals surface area contributed by atoms with Crippen LogP contribution in [-0.2, 0) is 19.1 Å². The van der Waals surface area contributed by atoms with Gasteiger partial charge in [-0.1, -0.05) is 12.8 Å². The SMILES string of the molecule is CCOC(=O)CCCCCC(N)C(=O)OCC. The molecule has 2 N–H and O–H groups in total. The zero-order valence-electron chi connectivity index (χ0n) is 10.7. The number of nitrogens with two attached hydrogens (primary N) is 1. The van der Waals surface area contributed by atoms with Crippen LogP contribution < -0.4 is 5.73 Å². The van der Waals surface area contributed by atoms with E-state index in [1.54, 1.807) is 13.8 Å². The molecule has 5 nitrogen and oxygen atoms in total. The van der Waals surface area contributed by atoms with E-state index in [1.165, 1.54) is 0 Å². The average molecular weight is 245 g/mol. The summed E-state index contributed by atoms with van der Waals surface area (Å²) in [5.74, 6) is -0.514. The molecule has 0 heterocycles. The zero-order chi connectivity index (χ0) is 13.1. The van der Waals surface area contributed by atoms with Gasteiger partial charge in [-0.2, -0.15) is 0 Å². The molecule has 100 valence electrons. The number of hydrogen-bond acceptors (Lipinski definition) is 5. The van der Waals surface area contributed by atoms with Crippen molar-refractivity contribution in [1.29, 1.82) is 0 Å². The number of carbonyl (C=O) groups is 2. The quantitative estimate of drug-likeness (QED) is 0.490. The molecule has 0 aliphatic carbocycles. The minimum absolute atomic E-state index is 0.165. The Morgan fingerprint density at radius 2 is 1.71 bits per heavy atom. The highest BCUT2D eigenvalue weighted by molar-refractivity contribution is 5.75. The molecule has 1 atom stereocenters. The van der Waals surface area contributed by atoms with Gasteiger partial charge in [-0.05, 0) is 26.7 Å². The molecule has 0 aromatic rings. The van der Waals surface area contributed by atoms with E-state index in [4.69, 9.17) is 15.2 Å². The Bertz CT molecular complexity index is 231. The van der Waals surface area contributed by atoms with Crippen LogP contribution in [-0.4, -0.2) is 31.2 Å². The van der Waals surface area contributed by atoms with Gasteiger partial charge in [0.2, 0.25) is 0 Å². The van der Waals surface area contributed by atoms with E-state index >= 15 is 0 Å². The first-order valence-electron chi connectivity index (χ1n) is 6.19. The van der Waals surface area contributed by atoms with Gasteiger partial charge in [0, 0.05) is 6.42 Å². The molecule has 0 rings (SSSR count). The number of hydrogen-bond donors (Lipinski definition) is 1. The van der Waals surface area contributed by atoms with Gasteiger partial charge in [0.25, 0.3) is 0 Å². The second-order valence-electron chi connectivity index (χ2n) is 3.76. The lowest BCUT2D eigenvalue weighted by molar-refractivity contribution is -0.145. The summed E-state index contributed by atoms with van der Waals surface area (Å²) in [6, 6.07) is -0.544. The first kappa shape index (κ1) is 15.9. The molecule has 0 aromatic carbocycles. The highest BCUT2D eigenvalue weighted by atomic mass is 16.5. The molecule has 0 aliphatic heterocycles. The summed E-state index contributed by atoms with van der Waals surface area (Å²) in [6.07, 6.45) is 3.49. The topological polar surface area (TPSA) is 78.6 Å². The molecule has 0 radical (unpaired) electrons. The molecule has 0 bridgehead atoms. The Balaban J connectivity index is 3.45. The second-order valence-corrected chi connectivity index (χ2v) is 3.76. The number of unbranched alkanes of at least 4 members (excludes halogenated alkanes) is 2. The Kier molecular flexibility index (Phi) is 9.43. The van der Waals surface area contributed by atoms with Gasteiger partial charge in [-0.3, -0.25) is 9.59 Å². The van der Waals surface area contributed by atoms with Crippen molar-refractivity contribution in [3.05, 3.63) is 0 Å². The van der Waals surface area contributed by atoms with Crippen molar-refractivity contribution >= 4 is 11.9 Å². The minimum Gasteiger partial charge on any atom is -0.466 e. The van der Waals surface area contributed by atoms with Gasteiger partial charge >= 0.3 is 11.9 Å². The van der Waals surface area contributed by atoms with Crippen LogP contribution >= 0.6 is 0 Å². The van der Waals surface area contributed by atoms with E-state index in [0.717, 1.165) is 19.3 Å². The normalized spacial score (nSPS) is 11.9. The van der Waals surface area contributed by atoms with Crippen LogP contribution in [0.25, 0.3) is 0 Å². The Morgan fingerprint density at radius 1 is 1.06 bits per heavy atom. The van der Waals surface area contributed by atoms with Crippen molar-refractivity contribution in [3.63, 3.8) is 0 Å². The van der Waals surface area contributed by atoms with Crippen molar-refractivity contribution in [2.24, 2.45) is 5.73 Å². The molecule has 0 aromatic heterocycles. The lowest BCUT2D eigenvalue weighted by atomic mass is 10.1. The molecule has 17 heavy (non-hydrogen) atoms. The van der Waals surface area contributed by atoms with Gasteiger partial charge in [0.1, 0.15) is 6.04 Å². The fourth-order valence-corrected chi connectivity index (χ4v) is 1.41. The van der Waals surface area contributed by atoms with Gasteiger partial charge in [-0.25, -0.2) is 0 Å². The molecule has 1 unspecified atom stereocenters. The summed E-state index contributed by atoms with van der Waals surface area (Å²) in [6.45, 7) is 4.32. The fraction of sp³-hybridized carbons (Fsp3) is 0.833. The zero-order valence-corrected chi connectivity index (χ0v) is 10.7. The first-order chi connectivity index (χ1) is 8.11. The van der Waals surface area contributed by atoms with Crippen molar-refractivity contribution in [2.75, 3.05) is 13.2 Å². The second kappa shape index (κ2) is 10.1. The predicted octanol–water partition coefficient (Wildman–Crippen LogP) is 1.39. The third kappa shape index (κ3) is 8.68. The maximum atomic E-state index is 11.2. The van der Waals surface area contributed by atoms with Crippen molar-refractivity contribution < 1.29 is 19.1 Å². The number of carbonyl (C=O) groups excluding carboxylic acids is 2. The van der Waals surface area contributed by atoms with Crippen LogP contribution in [0.2, 0.25) is 0 Å². The van der Waals surface area contributed by atoms with Crippen LogP contribution in [0.3, 0.4) is 0 Å². The van der Waals surface area contributed by atoms with E-state index in [9.17, 15) is 9.59 Å². The molecule has 0 fully saturated rings. The average Bonchev–Trinajstić information content (AvgIpc) is 2.29. The summed E-state index contributed by atoms with van der Waals surface area (Å²) in [5, 5.41) is 0. The summed E-state index contributed by atoms with van der Waals surface area (Å²) in [7, 11) is 0. The van der Waals surface area contributed by atoms with Crippen LogP contribution in [0.15, 0.2) is 0 Å². The van der Waals surface area contributed by atoms with Gasteiger partial charge < -0.3 is 15.2 Å². The monoisotopic (exact) mass is 245 g/mol. The number of rotatable bonds is 9. The van der Waals surface area contributed by atoms with E-state index in [2.05, 4.69) is 0 Å². The van der Waals surface area contributed by atoms with Crippen molar-refractivity contribution in [2.45, 2.75) is 52.0 Å². The smallest absolute Gasteiger partial charge is 0.322 e. The first-order valence-corrected chi connectivity index (χ1v) is 6.19. The summed E-state index contributed by atoms with van der Waals surface area (Å²) >= 11 is 0. The Hall–Kier alpha value is -1.10. The summed E-state index contributed by atoms with van der Waals surface area (Å²) in [4.78, 5) is 22.2. The summed E-state index contributed by atoms with van der Waals surface area (Å²) in [5.41, 5.74) is 5.63. The molecule has 0 saturated carbocycles. The van der Waals surface area contributed by atoms with E-state index in [-0.39, 0.29) is 11.9 Å². The van der Waals surface area contributed by atoms with Crippen LogP contribution in [0.1, 0.15) is 46.0 Å². The van der Waals surface area contributed by atoms with Crippen molar-refractivity contribution in [3.8, 4) is 0 Å². The predicted molar refractivity (Wildman–Crippen MR) is 64.3 cm³/mol. The number of ether oxygens (including phenoxy) is 2. The lowest BCUT2D eigenvalue weighted by Gasteiger charge is -2.09. The highest BCUT2D eigenvalue weighted by Crippen LogP contribution is 2.06. The third-order valence-corrected chi connectivity index (χ3v) is 2.29. The Labute approximate surface area is 103 Å². The van der Waals surface area contributed by atoms with Gasteiger partial charge in [0.15, 0.2) is 0 Å². The van der Waals surface area contributed by atoms with Gasteiger partial charge in [-0.15, -0.1) is 0 Å². The standard InChI is InChI=1S/C12H23NO4/c1-3-16-11(14)9-7-5-6-8-10(13)12(15)17-4-2/h10H,3-9,13H2,1-2H3. The Morgan fingerprint density at radius 3 is 2.29 bits per heavy atom. The third-order valence-electron chi connectivity index (χ3n) is 2.29. The lowest BCUT2D eigenvalue weighted by Crippen LogP contribution is -2.32. The van der Waals surface area contributed by atoms with E-state index in [1.807, 2.05) is 0 Å².